The normalized spacial score (nSPS) is 13.6. The number of hydrogen-bond acceptors (Lipinski definition) is 5. The predicted molar refractivity (Wildman–Crippen MR) is 120 cm³/mol. The van der Waals surface area contributed by atoms with Gasteiger partial charge in [-0.3, -0.25) is 14.4 Å². The van der Waals surface area contributed by atoms with Crippen molar-refractivity contribution in [3.63, 3.8) is 0 Å². The van der Waals surface area contributed by atoms with Crippen LogP contribution in [-0.4, -0.2) is 19.0 Å². The highest BCUT2D eigenvalue weighted by Crippen LogP contribution is 2.24. The fourth-order valence-corrected chi connectivity index (χ4v) is 3.90. The van der Waals surface area contributed by atoms with Gasteiger partial charge in [0.2, 0.25) is 0 Å². The van der Waals surface area contributed by atoms with Crippen LogP contribution in [0.1, 0.15) is 41.3 Å². The summed E-state index contributed by atoms with van der Waals surface area (Å²) in [6.45, 7) is 4.12. The van der Waals surface area contributed by atoms with E-state index in [0.29, 0.717) is 23.5 Å². The van der Waals surface area contributed by atoms with Crippen LogP contribution >= 0.6 is 0 Å². The molecule has 1 saturated heterocycles. The lowest BCUT2D eigenvalue weighted by Crippen LogP contribution is -2.41. The van der Waals surface area contributed by atoms with Crippen molar-refractivity contribution < 1.29 is 4.79 Å². The topological polar surface area (TPSA) is 78.5 Å². The number of nitrogens with one attached hydrogen (secondary N) is 2. The first-order valence-electron chi connectivity index (χ1n) is 10.4. The number of hydrogen-bond donors (Lipinski definition) is 2. The summed E-state index contributed by atoms with van der Waals surface area (Å²) < 4.78 is 0. The smallest absolute Gasteiger partial charge is 0.255 e. The van der Waals surface area contributed by atoms with Crippen LogP contribution in [0.25, 0.3) is 0 Å². The van der Waals surface area contributed by atoms with Gasteiger partial charge in [0.1, 0.15) is 11.4 Å². The molecule has 1 amide bonds. The predicted octanol–water partition coefficient (Wildman–Crippen LogP) is 3.31. The standard InChI is InChI=1S/C24H25N3O3/c1-2-17-7-3-4-8-19(17)26-24(30)18-11-9-16(10-12-18)15-25-20-21(23(29)22(20)28)27-13-5-6-14-27/h3-4,7-12,25H,2,5-6,13-15H2,1H3,(H,26,30). The van der Waals surface area contributed by atoms with E-state index < -0.39 is 10.9 Å². The molecule has 1 aliphatic heterocycles. The van der Waals surface area contributed by atoms with E-state index in [9.17, 15) is 14.4 Å². The number of para-hydroxylation sites is 1. The quantitative estimate of drug-likeness (QED) is 0.592. The maximum Gasteiger partial charge on any atom is 0.255 e. The molecule has 1 heterocycles. The zero-order valence-corrected chi connectivity index (χ0v) is 17.0. The van der Waals surface area contributed by atoms with Crippen LogP contribution in [0, 0.1) is 0 Å². The summed E-state index contributed by atoms with van der Waals surface area (Å²) in [5, 5.41) is 6.08. The van der Waals surface area contributed by atoms with Crippen LogP contribution < -0.4 is 26.4 Å². The van der Waals surface area contributed by atoms with Gasteiger partial charge in [-0.05, 0) is 48.6 Å². The second kappa shape index (κ2) is 8.53. The first-order chi connectivity index (χ1) is 14.6. The van der Waals surface area contributed by atoms with Crippen molar-refractivity contribution in [2.24, 2.45) is 0 Å². The highest BCUT2D eigenvalue weighted by molar-refractivity contribution is 6.04. The fraction of sp³-hybridized carbons (Fsp3) is 0.292. The van der Waals surface area contributed by atoms with Gasteiger partial charge in [-0.2, -0.15) is 0 Å². The summed E-state index contributed by atoms with van der Waals surface area (Å²) in [5.41, 5.74) is 3.53. The Hall–Kier alpha value is -3.41. The van der Waals surface area contributed by atoms with Gasteiger partial charge in [0.15, 0.2) is 0 Å². The number of rotatable bonds is 7. The zero-order chi connectivity index (χ0) is 21.1. The van der Waals surface area contributed by atoms with E-state index in [0.717, 1.165) is 49.2 Å². The monoisotopic (exact) mass is 403 g/mol. The molecule has 30 heavy (non-hydrogen) atoms. The molecule has 154 valence electrons. The van der Waals surface area contributed by atoms with Crippen LogP contribution in [-0.2, 0) is 13.0 Å². The Morgan fingerprint density at radius 1 is 0.967 bits per heavy atom. The highest BCUT2D eigenvalue weighted by atomic mass is 16.2. The van der Waals surface area contributed by atoms with Gasteiger partial charge < -0.3 is 15.5 Å². The Bertz CT molecular complexity index is 1120. The van der Waals surface area contributed by atoms with Crippen molar-refractivity contribution in [2.75, 3.05) is 28.6 Å². The second-order valence-corrected chi connectivity index (χ2v) is 7.59. The summed E-state index contributed by atoms with van der Waals surface area (Å²) in [6, 6.07) is 15.0. The first kappa shape index (κ1) is 19.9. The molecular weight excluding hydrogens is 378 g/mol. The molecule has 0 aliphatic carbocycles. The van der Waals surface area contributed by atoms with Gasteiger partial charge in [-0.15, -0.1) is 0 Å². The van der Waals surface area contributed by atoms with Gasteiger partial charge in [0.05, 0.1) is 0 Å². The number of aryl methyl sites for hydroxylation is 1. The molecule has 3 aromatic carbocycles. The largest absolute Gasteiger partial charge is 0.376 e. The van der Waals surface area contributed by atoms with E-state index in [4.69, 9.17) is 0 Å². The summed E-state index contributed by atoms with van der Waals surface area (Å²) in [4.78, 5) is 38.5. The summed E-state index contributed by atoms with van der Waals surface area (Å²) in [5.74, 6) is -0.158. The van der Waals surface area contributed by atoms with E-state index in [-0.39, 0.29) is 5.91 Å². The van der Waals surface area contributed by atoms with Crippen LogP contribution in [0.2, 0.25) is 0 Å². The third-order valence-corrected chi connectivity index (χ3v) is 5.64. The number of anilines is 3. The molecule has 0 spiro atoms. The van der Waals surface area contributed by atoms with Gasteiger partial charge in [-0.1, -0.05) is 37.3 Å². The maximum absolute atomic E-state index is 12.6. The van der Waals surface area contributed by atoms with Gasteiger partial charge in [0, 0.05) is 30.9 Å². The molecule has 0 unspecified atom stereocenters. The molecule has 0 radical (unpaired) electrons. The summed E-state index contributed by atoms with van der Waals surface area (Å²) >= 11 is 0. The minimum Gasteiger partial charge on any atom is -0.376 e. The first-order valence-corrected chi connectivity index (χ1v) is 10.4. The average Bonchev–Trinajstić information content (AvgIpc) is 3.30. The Morgan fingerprint density at radius 3 is 2.37 bits per heavy atom. The number of amides is 1. The summed E-state index contributed by atoms with van der Waals surface area (Å²) in [7, 11) is 0. The lowest BCUT2D eigenvalue weighted by Gasteiger charge is -2.22. The molecule has 1 aliphatic rings. The number of carbonyl (C=O) groups excluding carboxylic acids is 1. The molecule has 4 rings (SSSR count). The minimum atomic E-state index is -0.442. The molecule has 3 aromatic rings. The molecular formula is C24H25N3O3. The molecule has 2 N–H and O–H groups in total. The average molecular weight is 403 g/mol. The van der Waals surface area contributed by atoms with E-state index in [1.165, 1.54) is 0 Å². The lowest BCUT2D eigenvalue weighted by molar-refractivity contribution is 0.102. The van der Waals surface area contributed by atoms with Crippen molar-refractivity contribution in [2.45, 2.75) is 32.7 Å². The van der Waals surface area contributed by atoms with Gasteiger partial charge in [0.25, 0.3) is 16.8 Å². The van der Waals surface area contributed by atoms with Crippen molar-refractivity contribution in [3.05, 3.63) is 85.7 Å². The molecule has 6 heteroatoms. The second-order valence-electron chi connectivity index (χ2n) is 7.59. The molecule has 6 nitrogen and oxygen atoms in total. The molecule has 0 saturated carbocycles. The number of benzene rings is 2. The Morgan fingerprint density at radius 2 is 1.67 bits per heavy atom. The Balaban J connectivity index is 1.40. The SMILES string of the molecule is CCc1ccccc1NC(=O)c1ccc(CNc2c(N3CCCC3)c(=O)c2=O)cc1. The fourth-order valence-electron chi connectivity index (χ4n) is 3.90. The highest BCUT2D eigenvalue weighted by Gasteiger charge is 2.27. The molecule has 0 aromatic heterocycles. The third-order valence-electron chi connectivity index (χ3n) is 5.64. The van der Waals surface area contributed by atoms with Crippen molar-refractivity contribution in [1.82, 2.24) is 0 Å². The van der Waals surface area contributed by atoms with Crippen molar-refractivity contribution >= 4 is 23.0 Å². The Labute approximate surface area is 175 Å². The van der Waals surface area contributed by atoms with Gasteiger partial charge in [-0.25, -0.2) is 0 Å². The molecule has 0 atom stereocenters. The van der Waals surface area contributed by atoms with E-state index >= 15 is 0 Å². The van der Waals surface area contributed by atoms with E-state index in [1.54, 1.807) is 12.1 Å². The van der Waals surface area contributed by atoms with Crippen LogP contribution in [0.4, 0.5) is 17.1 Å². The van der Waals surface area contributed by atoms with E-state index in [2.05, 4.69) is 17.6 Å². The van der Waals surface area contributed by atoms with Gasteiger partial charge >= 0.3 is 0 Å². The maximum atomic E-state index is 12.6. The van der Waals surface area contributed by atoms with Crippen LogP contribution in [0.15, 0.2) is 58.1 Å². The number of carbonyl (C=O) groups is 1. The summed E-state index contributed by atoms with van der Waals surface area (Å²) in [6.07, 6.45) is 2.94. The molecule has 0 bridgehead atoms. The lowest BCUT2D eigenvalue weighted by atomic mass is 10.1. The Kier molecular flexibility index (Phi) is 5.65. The third kappa shape index (κ3) is 3.85. The number of nitrogens with zero attached hydrogens (tertiary/aromatic N) is 1. The van der Waals surface area contributed by atoms with Crippen molar-refractivity contribution in [1.29, 1.82) is 0 Å². The van der Waals surface area contributed by atoms with Crippen LogP contribution in [0.5, 0.6) is 0 Å². The zero-order valence-electron chi connectivity index (χ0n) is 17.0. The molecule has 1 fully saturated rings. The van der Waals surface area contributed by atoms with E-state index in [1.807, 2.05) is 41.3 Å². The minimum absolute atomic E-state index is 0.158. The van der Waals surface area contributed by atoms with Crippen molar-refractivity contribution in [3.8, 4) is 0 Å². The van der Waals surface area contributed by atoms with Crippen LogP contribution in [0.3, 0.4) is 0 Å².